The predicted octanol–water partition coefficient (Wildman–Crippen LogP) is 3.75. The van der Waals surface area contributed by atoms with Crippen LogP contribution in [0.4, 0.5) is 0 Å². The van der Waals surface area contributed by atoms with Gasteiger partial charge < -0.3 is 24.2 Å². The summed E-state index contributed by atoms with van der Waals surface area (Å²) >= 11 is 0. The third-order valence-electron chi connectivity index (χ3n) is 6.15. The van der Waals surface area contributed by atoms with Crippen LogP contribution in [0.15, 0.2) is 71.7 Å². The Kier molecular flexibility index (Phi) is 5.23. The van der Waals surface area contributed by atoms with Crippen LogP contribution in [-0.4, -0.2) is 43.2 Å². The fourth-order valence-electron chi connectivity index (χ4n) is 4.50. The number of benzene rings is 3. The van der Waals surface area contributed by atoms with Crippen molar-refractivity contribution < 1.29 is 19.3 Å². The lowest BCUT2D eigenvalue weighted by molar-refractivity contribution is -0.0745. The monoisotopic (exact) mass is 430 g/mol. The maximum atomic E-state index is 11.7. The molecule has 0 aliphatic carbocycles. The Bertz CT molecular complexity index is 1160. The molecule has 0 spiro atoms. The van der Waals surface area contributed by atoms with Gasteiger partial charge in [-0.1, -0.05) is 42.5 Å². The summed E-state index contributed by atoms with van der Waals surface area (Å²) in [6, 6.07) is 21.6. The average Bonchev–Trinajstić information content (AvgIpc) is 3.34. The normalized spacial score (nSPS) is 19.1. The largest absolute Gasteiger partial charge is 0.493 e. The molecule has 6 nitrogen and oxygen atoms in total. The van der Waals surface area contributed by atoms with Crippen LogP contribution < -0.4 is 14.2 Å². The van der Waals surface area contributed by atoms with Crippen molar-refractivity contribution >= 4 is 5.84 Å². The van der Waals surface area contributed by atoms with E-state index in [4.69, 9.17) is 14.2 Å². The van der Waals surface area contributed by atoms with Crippen LogP contribution in [0.25, 0.3) is 0 Å². The highest BCUT2D eigenvalue weighted by Gasteiger charge is 2.44. The Balaban J connectivity index is 1.34. The van der Waals surface area contributed by atoms with Crippen molar-refractivity contribution in [2.75, 3.05) is 27.3 Å². The summed E-state index contributed by atoms with van der Waals surface area (Å²) in [6.45, 7) is 1.80. The predicted molar refractivity (Wildman–Crippen MR) is 122 cm³/mol. The van der Waals surface area contributed by atoms with Crippen molar-refractivity contribution in [2.24, 2.45) is 4.99 Å². The molecule has 3 aromatic carbocycles. The zero-order chi connectivity index (χ0) is 22.1. The molecule has 164 valence electrons. The maximum absolute atomic E-state index is 11.7. The lowest BCUT2D eigenvalue weighted by atomic mass is 9.86. The summed E-state index contributed by atoms with van der Waals surface area (Å²) in [7, 11) is 3.23. The molecule has 32 heavy (non-hydrogen) atoms. The minimum Gasteiger partial charge on any atom is -0.493 e. The molecule has 0 aromatic heterocycles. The van der Waals surface area contributed by atoms with E-state index < -0.39 is 5.72 Å². The number of amidine groups is 1. The Labute approximate surface area is 187 Å². The Morgan fingerprint density at radius 3 is 2.53 bits per heavy atom. The van der Waals surface area contributed by atoms with Crippen molar-refractivity contribution in [3.05, 3.63) is 89.0 Å². The van der Waals surface area contributed by atoms with Crippen molar-refractivity contribution in [1.82, 2.24) is 4.90 Å². The molecule has 1 atom stereocenters. The lowest BCUT2D eigenvalue weighted by Gasteiger charge is -2.43. The summed E-state index contributed by atoms with van der Waals surface area (Å²) < 4.78 is 16.6. The number of fused-ring (bicyclic) bond motifs is 3. The zero-order valence-electron chi connectivity index (χ0n) is 18.2. The highest BCUT2D eigenvalue weighted by Crippen LogP contribution is 2.39. The first-order valence-electron chi connectivity index (χ1n) is 10.7. The van der Waals surface area contributed by atoms with Crippen LogP contribution in [0.5, 0.6) is 17.2 Å². The van der Waals surface area contributed by atoms with Gasteiger partial charge >= 0.3 is 0 Å². The van der Waals surface area contributed by atoms with Crippen LogP contribution in [0, 0.1) is 0 Å². The van der Waals surface area contributed by atoms with Gasteiger partial charge in [0.05, 0.1) is 20.8 Å². The number of methoxy groups -OCH3 is 2. The topological polar surface area (TPSA) is 63.5 Å². The fourth-order valence-corrected chi connectivity index (χ4v) is 4.50. The molecule has 0 fully saturated rings. The van der Waals surface area contributed by atoms with Gasteiger partial charge in [0.25, 0.3) is 0 Å². The fraction of sp³-hybridized carbons (Fsp3) is 0.269. The van der Waals surface area contributed by atoms with Gasteiger partial charge in [0.2, 0.25) is 0 Å². The number of aliphatic imine (C=N–C) groups is 1. The van der Waals surface area contributed by atoms with Gasteiger partial charge in [0.15, 0.2) is 17.2 Å². The summed E-state index contributed by atoms with van der Waals surface area (Å²) in [6.07, 6.45) is 0.522. The standard InChI is InChI=1S/C26H26N2O4/c1-30-23-12-7-18(15-24(23)31-2)17-32-21-10-8-20(9-11-21)26(29)16-19-5-3-4-6-22(19)25-27-13-14-28(25)26/h3-12,15,29H,13-14,16-17H2,1-2H3. The van der Waals surface area contributed by atoms with Crippen LogP contribution in [0.1, 0.15) is 22.3 Å². The van der Waals surface area contributed by atoms with E-state index in [2.05, 4.69) is 17.1 Å². The molecule has 0 amide bonds. The van der Waals surface area contributed by atoms with Gasteiger partial charge in [-0.25, -0.2) is 0 Å². The minimum absolute atomic E-state index is 0.403. The van der Waals surface area contributed by atoms with Crippen LogP contribution in [-0.2, 0) is 18.8 Å². The van der Waals surface area contributed by atoms with Crippen LogP contribution >= 0.6 is 0 Å². The summed E-state index contributed by atoms with van der Waals surface area (Å²) in [4.78, 5) is 6.69. The summed E-state index contributed by atoms with van der Waals surface area (Å²) in [5.41, 5.74) is 2.92. The van der Waals surface area contributed by atoms with Gasteiger partial charge in [-0.05, 0) is 35.4 Å². The number of rotatable bonds is 6. The Morgan fingerprint density at radius 1 is 0.969 bits per heavy atom. The highest BCUT2D eigenvalue weighted by molar-refractivity contribution is 6.02. The quantitative estimate of drug-likeness (QED) is 0.645. The second-order valence-corrected chi connectivity index (χ2v) is 8.01. The SMILES string of the molecule is COc1ccc(COc2ccc(C3(O)Cc4ccccc4C4=NCCN43)cc2)cc1OC. The molecule has 5 rings (SSSR count). The molecule has 2 aliphatic rings. The van der Waals surface area contributed by atoms with Gasteiger partial charge in [-0.15, -0.1) is 0 Å². The number of hydrogen-bond acceptors (Lipinski definition) is 6. The molecule has 6 heteroatoms. The number of aliphatic hydroxyl groups is 1. The first-order valence-corrected chi connectivity index (χ1v) is 10.7. The van der Waals surface area contributed by atoms with E-state index in [1.165, 1.54) is 0 Å². The van der Waals surface area contributed by atoms with E-state index in [-0.39, 0.29) is 0 Å². The smallest absolute Gasteiger partial charge is 0.169 e. The molecular weight excluding hydrogens is 404 g/mol. The summed E-state index contributed by atoms with van der Waals surface area (Å²) in [5.74, 6) is 2.97. The molecule has 0 saturated carbocycles. The number of nitrogens with zero attached hydrogens (tertiary/aromatic N) is 2. The second-order valence-electron chi connectivity index (χ2n) is 8.01. The lowest BCUT2D eigenvalue weighted by Crippen LogP contribution is -2.53. The minimum atomic E-state index is -1.12. The van der Waals surface area contributed by atoms with Crippen molar-refractivity contribution in [1.29, 1.82) is 0 Å². The van der Waals surface area contributed by atoms with Crippen molar-refractivity contribution in [2.45, 2.75) is 18.8 Å². The molecule has 2 aliphatic heterocycles. The van der Waals surface area contributed by atoms with Crippen LogP contribution in [0.3, 0.4) is 0 Å². The molecule has 1 N–H and O–H groups in total. The first kappa shape index (κ1) is 20.4. The Hall–Kier alpha value is -3.51. The molecule has 3 aromatic rings. The van der Waals surface area contributed by atoms with Crippen molar-refractivity contribution in [3.8, 4) is 17.2 Å². The van der Waals surface area contributed by atoms with E-state index in [9.17, 15) is 5.11 Å². The van der Waals surface area contributed by atoms with E-state index >= 15 is 0 Å². The third kappa shape index (κ3) is 3.46. The molecule has 0 bridgehead atoms. The zero-order valence-corrected chi connectivity index (χ0v) is 18.2. The molecule has 2 heterocycles. The summed E-state index contributed by atoms with van der Waals surface area (Å²) in [5, 5.41) is 11.7. The third-order valence-corrected chi connectivity index (χ3v) is 6.15. The van der Waals surface area contributed by atoms with E-state index in [1.54, 1.807) is 14.2 Å². The Morgan fingerprint density at radius 2 is 1.75 bits per heavy atom. The molecular formula is C26H26N2O4. The van der Waals surface area contributed by atoms with E-state index in [0.717, 1.165) is 33.8 Å². The molecule has 0 saturated heterocycles. The van der Waals surface area contributed by atoms with Gasteiger partial charge in [0, 0.05) is 24.1 Å². The van der Waals surface area contributed by atoms with Gasteiger partial charge in [0.1, 0.15) is 18.2 Å². The van der Waals surface area contributed by atoms with Crippen molar-refractivity contribution in [3.63, 3.8) is 0 Å². The number of hydrogen-bond donors (Lipinski definition) is 1. The second kappa shape index (κ2) is 8.20. The maximum Gasteiger partial charge on any atom is 0.169 e. The average molecular weight is 431 g/mol. The molecule has 0 radical (unpaired) electrons. The highest BCUT2D eigenvalue weighted by atomic mass is 16.5. The first-order chi connectivity index (χ1) is 15.6. The van der Waals surface area contributed by atoms with E-state index in [1.807, 2.05) is 59.5 Å². The van der Waals surface area contributed by atoms with Gasteiger partial charge in [-0.2, -0.15) is 0 Å². The van der Waals surface area contributed by atoms with E-state index in [0.29, 0.717) is 37.6 Å². The van der Waals surface area contributed by atoms with Crippen LogP contribution in [0.2, 0.25) is 0 Å². The van der Waals surface area contributed by atoms with Gasteiger partial charge in [-0.3, -0.25) is 4.99 Å². The number of ether oxygens (including phenoxy) is 3. The molecule has 1 unspecified atom stereocenters.